The fraction of sp³-hybridized carbons (Fsp3) is 0.455. The number of hydrogen-bond acceptors (Lipinski definition) is 3. The Bertz CT molecular complexity index is 470. The first-order chi connectivity index (χ1) is 12.1. The molecule has 0 aromatic heterocycles. The third kappa shape index (κ3) is 15.6. The highest BCUT2D eigenvalue weighted by Crippen LogP contribution is 2.03. The quantitative estimate of drug-likeness (QED) is 0.342. The monoisotopic (exact) mass is 346 g/mol. The van der Waals surface area contributed by atoms with Crippen LogP contribution in [-0.2, 0) is 0 Å². The van der Waals surface area contributed by atoms with E-state index in [-0.39, 0.29) is 0 Å². The van der Waals surface area contributed by atoms with Crippen molar-refractivity contribution in [3.63, 3.8) is 0 Å². The summed E-state index contributed by atoms with van der Waals surface area (Å²) >= 11 is 0. The highest BCUT2D eigenvalue weighted by atomic mass is 16.3. The molecule has 3 heteroatoms. The van der Waals surface area contributed by atoms with Crippen molar-refractivity contribution in [3.8, 4) is 0 Å². The first-order valence-electron chi connectivity index (χ1n) is 9.14. The minimum absolute atomic E-state index is 0.448. The number of rotatable bonds is 13. The summed E-state index contributed by atoms with van der Waals surface area (Å²) in [5, 5.41) is 29.2. The molecule has 0 fully saturated rings. The Morgan fingerprint density at radius 2 is 1.28 bits per heavy atom. The van der Waals surface area contributed by atoms with Gasteiger partial charge in [0.15, 0.2) is 0 Å². The number of aliphatic hydroxyl groups excluding tert-OH is 3. The van der Waals surface area contributed by atoms with Gasteiger partial charge >= 0.3 is 0 Å². The zero-order valence-corrected chi connectivity index (χ0v) is 15.5. The summed E-state index contributed by atoms with van der Waals surface area (Å²) in [4.78, 5) is 0. The van der Waals surface area contributed by atoms with Gasteiger partial charge in [0.1, 0.15) is 0 Å². The Kier molecular flexibility index (Phi) is 16.0. The molecular formula is C22H34O3. The van der Waals surface area contributed by atoms with Crippen LogP contribution in [-0.4, -0.2) is 33.6 Å². The summed E-state index contributed by atoms with van der Waals surface area (Å²) in [7, 11) is 0. The van der Waals surface area contributed by atoms with Crippen LogP contribution in [0, 0.1) is 0 Å². The molecule has 0 saturated carbocycles. The smallest absolute Gasteiger partial charge is 0.0986 e. The van der Waals surface area contributed by atoms with E-state index < -0.39 is 18.3 Å². The van der Waals surface area contributed by atoms with Crippen LogP contribution in [0.1, 0.15) is 46.0 Å². The lowest BCUT2D eigenvalue weighted by Crippen LogP contribution is -2.22. The fourth-order valence-corrected chi connectivity index (χ4v) is 1.90. The maximum Gasteiger partial charge on any atom is 0.0986 e. The second kappa shape index (κ2) is 17.2. The van der Waals surface area contributed by atoms with E-state index in [1.54, 1.807) is 24.3 Å². The summed E-state index contributed by atoms with van der Waals surface area (Å²) in [5.41, 5.74) is 0. The van der Waals surface area contributed by atoms with Gasteiger partial charge in [0, 0.05) is 0 Å². The lowest BCUT2D eigenvalue weighted by atomic mass is 10.1. The van der Waals surface area contributed by atoms with E-state index in [1.165, 1.54) is 0 Å². The van der Waals surface area contributed by atoms with E-state index >= 15 is 0 Å². The summed E-state index contributed by atoms with van der Waals surface area (Å²) in [6.45, 7) is 4.15. The summed E-state index contributed by atoms with van der Waals surface area (Å²) in [6, 6.07) is 0. The molecule has 0 aromatic carbocycles. The predicted molar refractivity (Wildman–Crippen MR) is 107 cm³/mol. The van der Waals surface area contributed by atoms with Crippen molar-refractivity contribution in [2.75, 3.05) is 0 Å². The summed E-state index contributed by atoms with van der Waals surface area (Å²) in [6.07, 6.45) is 24.1. The van der Waals surface area contributed by atoms with Crippen LogP contribution in [0.25, 0.3) is 0 Å². The Labute approximate surface area is 153 Å². The van der Waals surface area contributed by atoms with E-state index in [4.69, 9.17) is 0 Å². The van der Waals surface area contributed by atoms with Crippen LogP contribution in [0.15, 0.2) is 72.9 Å². The third-order valence-electron chi connectivity index (χ3n) is 3.37. The van der Waals surface area contributed by atoms with E-state index in [9.17, 15) is 15.3 Å². The largest absolute Gasteiger partial charge is 0.390 e. The normalized spacial score (nSPS) is 17.2. The van der Waals surface area contributed by atoms with Gasteiger partial charge in [-0.2, -0.15) is 0 Å². The first-order valence-corrected chi connectivity index (χ1v) is 9.14. The molecule has 0 heterocycles. The van der Waals surface area contributed by atoms with Crippen molar-refractivity contribution in [1.29, 1.82) is 0 Å². The molecule has 3 N–H and O–H groups in total. The molecule has 0 bridgehead atoms. The van der Waals surface area contributed by atoms with Crippen molar-refractivity contribution < 1.29 is 15.3 Å². The molecule has 3 atom stereocenters. The van der Waals surface area contributed by atoms with Crippen LogP contribution < -0.4 is 0 Å². The Hall–Kier alpha value is -1.68. The van der Waals surface area contributed by atoms with Gasteiger partial charge in [0.2, 0.25) is 0 Å². The highest BCUT2D eigenvalue weighted by Gasteiger charge is 2.10. The van der Waals surface area contributed by atoms with Crippen molar-refractivity contribution in [2.45, 2.75) is 64.3 Å². The molecule has 0 aliphatic heterocycles. The maximum absolute atomic E-state index is 9.76. The zero-order chi connectivity index (χ0) is 18.8. The second-order valence-electron chi connectivity index (χ2n) is 5.78. The van der Waals surface area contributed by atoms with Gasteiger partial charge in [-0.15, -0.1) is 0 Å². The molecular weight excluding hydrogens is 312 g/mol. The van der Waals surface area contributed by atoms with E-state index in [0.717, 1.165) is 19.3 Å². The minimum Gasteiger partial charge on any atom is -0.390 e. The molecule has 0 radical (unpaired) electrons. The van der Waals surface area contributed by atoms with Crippen LogP contribution in [0.3, 0.4) is 0 Å². The van der Waals surface area contributed by atoms with Crippen molar-refractivity contribution in [3.05, 3.63) is 72.9 Å². The molecule has 0 aliphatic rings. The Morgan fingerprint density at radius 1 is 0.680 bits per heavy atom. The third-order valence-corrected chi connectivity index (χ3v) is 3.37. The molecule has 0 amide bonds. The van der Waals surface area contributed by atoms with Gasteiger partial charge in [-0.05, 0) is 25.7 Å². The van der Waals surface area contributed by atoms with Gasteiger partial charge in [0.25, 0.3) is 0 Å². The Morgan fingerprint density at radius 3 is 1.92 bits per heavy atom. The lowest BCUT2D eigenvalue weighted by Gasteiger charge is -2.11. The molecule has 0 unspecified atom stereocenters. The second-order valence-corrected chi connectivity index (χ2v) is 5.78. The van der Waals surface area contributed by atoms with Crippen molar-refractivity contribution in [1.82, 2.24) is 0 Å². The van der Waals surface area contributed by atoms with Gasteiger partial charge in [-0.3, -0.25) is 0 Å². The maximum atomic E-state index is 9.76. The average molecular weight is 347 g/mol. The van der Waals surface area contributed by atoms with Gasteiger partial charge in [0.05, 0.1) is 18.3 Å². The van der Waals surface area contributed by atoms with Gasteiger partial charge in [-0.25, -0.2) is 0 Å². The molecule has 0 spiro atoms. The van der Waals surface area contributed by atoms with Gasteiger partial charge in [-0.1, -0.05) is 93.2 Å². The predicted octanol–water partition coefficient (Wildman–Crippen LogP) is 4.40. The van der Waals surface area contributed by atoms with Crippen LogP contribution in [0.2, 0.25) is 0 Å². The lowest BCUT2D eigenvalue weighted by molar-refractivity contribution is 0.0511. The standard InChI is InChI=1S/C22H34O3/c1-3-5-7-13-16-20(23)17-14-10-8-9-11-15-19-22(25)21(24)18-12-6-4-2/h6-15,17,19-25H,3-5,16,18H2,1-2H3/b10-8-,11-9+,12-6-,13-7-,17-14+,19-15+/t20-,21+,22-/m1/s1. The summed E-state index contributed by atoms with van der Waals surface area (Å²) in [5.74, 6) is 0. The fourth-order valence-electron chi connectivity index (χ4n) is 1.90. The molecule has 0 rings (SSSR count). The van der Waals surface area contributed by atoms with Crippen molar-refractivity contribution in [2.24, 2.45) is 0 Å². The van der Waals surface area contributed by atoms with E-state index in [1.807, 2.05) is 49.5 Å². The SMILES string of the molecule is CC/C=C\C[C@H](O)[C@H](O)/C=C/C=C/C=C\C=C\[C@H](O)C/C=C\CCC. The first kappa shape index (κ1) is 23.3. The van der Waals surface area contributed by atoms with Crippen molar-refractivity contribution >= 4 is 0 Å². The molecule has 25 heavy (non-hydrogen) atoms. The minimum atomic E-state index is -0.869. The van der Waals surface area contributed by atoms with Crippen LogP contribution in [0.4, 0.5) is 0 Å². The number of hydrogen-bond donors (Lipinski definition) is 3. The number of allylic oxidation sites excluding steroid dienone is 8. The number of unbranched alkanes of at least 4 members (excludes halogenated alkanes) is 1. The van der Waals surface area contributed by atoms with E-state index in [0.29, 0.717) is 12.8 Å². The highest BCUT2D eigenvalue weighted by molar-refractivity contribution is 5.17. The topological polar surface area (TPSA) is 60.7 Å². The van der Waals surface area contributed by atoms with Gasteiger partial charge < -0.3 is 15.3 Å². The molecule has 0 aromatic rings. The molecule has 0 aliphatic carbocycles. The van der Waals surface area contributed by atoms with E-state index in [2.05, 4.69) is 13.0 Å². The molecule has 0 saturated heterocycles. The number of aliphatic hydroxyl groups is 3. The zero-order valence-electron chi connectivity index (χ0n) is 15.5. The van der Waals surface area contributed by atoms with Crippen LogP contribution >= 0.6 is 0 Å². The Balaban J connectivity index is 4.03. The van der Waals surface area contributed by atoms with Crippen LogP contribution in [0.5, 0.6) is 0 Å². The average Bonchev–Trinajstić information content (AvgIpc) is 2.60. The summed E-state index contributed by atoms with van der Waals surface area (Å²) < 4.78 is 0. The molecule has 140 valence electrons. The molecule has 3 nitrogen and oxygen atoms in total.